The summed E-state index contributed by atoms with van der Waals surface area (Å²) in [7, 11) is 0. The third-order valence-corrected chi connectivity index (χ3v) is 6.44. The maximum Gasteiger partial charge on any atom is 0.227 e. The average Bonchev–Trinajstić information content (AvgIpc) is 3.30. The zero-order chi connectivity index (χ0) is 24.2. The summed E-state index contributed by atoms with van der Waals surface area (Å²) in [6.07, 6.45) is 12.6. The second kappa shape index (κ2) is 7.84. The number of aromatic amines is 2. The van der Waals surface area contributed by atoms with Gasteiger partial charge in [-0.25, -0.2) is 9.97 Å². The lowest BCUT2D eigenvalue weighted by atomic mass is 10.0. The highest BCUT2D eigenvalue weighted by Crippen LogP contribution is 2.33. The van der Waals surface area contributed by atoms with Gasteiger partial charge in [0.25, 0.3) is 0 Å². The van der Waals surface area contributed by atoms with Crippen molar-refractivity contribution < 1.29 is 4.79 Å². The van der Waals surface area contributed by atoms with E-state index in [0.29, 0.717) is 17.2 Å². The van der Waals surface area contributed by atoms with Gasteiger partial charge in [0.2, 0.25) is 5.91 Å². The number of aromatic nitrogens is 8. The average molecular weight is 476 g/mol. The molecule has 1 aliphatic carbocycles. The molecule has 10 nitrogen and oxygen atoms in total. The number of fused-ring (bicyclic) bond motifs is 2. The molecule has 0 bridgehead atoms. The van der Waals surface area contributed by atoms with Gasteiger partial charge < -0.3 is 14.9 Å². The number of benzene rings is 1. The van der Waals surface area contributed by atoms with Crippen molar-refractivity contribution in [2.24, 2.45) is 5.92 Å². The van der Waals surface area contributed by atoms with E-state index < -0.39 is 0 Å². The molecule has 0 atom stereocenters. The highest BCUT2D eigenvalue weighted by atomic mass is 16.2. The van der Waals surface area contributed by atoms with Crippen LogP contribution in [0.2, 0.25) is 0 Å². The van der Waals surface area contributed by atoms with Crippen molar-refractivity contribution >= 4 is 33.5 Å². The number of aryl methyl sites for hydroxylation is 1. The number of rotatable bonds is 5. The second-order valence-electron chi connectivity index (χ2n) is 9.12. The molecule has 1 amide bonds. The first-order valence-corrected chi connectivity index (χ1v) is 11.7. The van der Waals surface area contributed by atoms with E-state index in [0.717, 1.165) is 57.3 Å². The van der Waals surface area contributed by atoms with Gasteiger partial charge in [-0.2, -0.15) is 5.10 Å². The van der Waals surface area contributed by atoms with E-state index >= 15 is 0 Å². The molecular formula is C26H21N9O. The smallest absolute Gasteiger partial charge is 0.227 e. The molecule has 0 radical (unpaired) electrons. The highest BCUT2D eigenvalue weighted by molar-refractivity contribution is 5.97. The number of hydrogen-bond donors (Lipinski definition) is 3. The summed E-state index contributed by atoms with van der Waals surface area (Å²) in [6, 6.07) is 8.00. The van der Waals surface area contributed by atoms with Gasteiger partial charge >= 0.3 is 0 Å². The fourth-order valence-corrected chi connectivity index (χ4v) is 4.40. The van der Waals surface area contributed by atoms with Crippen molar-refractivity contribution in [3.63, 3.8) is 0 Å². The predicted molar refractivity (Wildman–Crippen MR) is 135 cm³/mol. The van der Waals surface area contributed by atoms with Crippen LogP contribution in [-0.4, -0.2) is 45.6 Å². The summed E-state index contributed by atoms with van der Waals surface area (Å²) in [5.74, 6) is 0.838. The van der Waals surface area contributed by atoms with Crippen LogP contribution >= 0.6 is 0 Å². The van der Waals surface area contributed by atoms with Gasteiger partial charge in [0, 0.05) is 29.3 Å². The van der Waals surface area contributed by atoms with Crippen molar-refractivity contribution in [1.82, 2.24) is 39.7 Å². The largest absolute Gasteiger partial charge is 0.335 e. The summed E-state index contributed by atoms with van der Waals surface area (Å²) >= 11 is 0. The minimum absolute atomic E-state index is 0.0612. The van der Waals surface area contributed by atoms with Gasteiger partial charge in [-0.1, -0.05) is 6.07 Å². The van der Waals surface area contributed by atoms with E-state index in [9.17, 15) is 4.79 Å². The maximum atomic E-state index is 12.2. The Morgan fingerprint density at radius 2 is 1.94 bits per heavy atom. The van der Waals surface area contributed by atoms with Crippen molar-refractivity contribution in [3.8, 4) is 28.3 Å². The third kappa shape index (κ3) is 3.50. The molecule has 176 valence electrons. The zero-order valence-corrected chi connectivity index (χ0v) is 19.4. The first kappa shape index (κ1) is 20.5. The molecule has 0 spiro atoms. The molecule has 36 heavy (non-hydrogen) atoms. The van der Waals surface area contributed by atoms with Gasteiger partial charge in [-0.3, -0.25) is 19.9 Å². The van der Waals surface area contributed by atoms with Gasteiger partial charge in [0.15, 0.2) is 5.82 Å². The monoisotopic (exact) mass is 475 g/mol. The number of anilines is 1. The Morgan fingerprint density at radius 3 is 2.78 bits per heavy atom. The van der Waals surface area contributed by atoms with E-state index in [2.05, 4.69) is 41.5 Å². The lowest BCUT2D eigenvalue weighted by Crippen LogP contribution is -2.13. The maximum absolute atomic E-state index is 12.2. The molecule has 7 rings (SSSR count). The summed E-state index contributed by atoms with van der Waals surface area (Å²) < 4.78 is 1.91. The first-order valence-electron chi connectivity index (χ1n) is 11.7. The second-order valence-corrected chi connectivity index (χ2v) is 9.12. The number of pyridine rings is 2. The number of H-pyrrole nitrogens is 2. The van der Waals surface area contributed by atoms with Gasteiger partial charge in [0.1, 0.15) is 11.2 Å². The molecule has 1 fully saturated rings. The van der Waals surface area contributed by atoms with E-state index in [4.69, 9.17) is 4.98 Å². The summed E-state index contributed by atoms with van der Waals surface area (Å²) in [5.41, 5.74) is 7.52. The van der Waals surface area contributed by atoms with Crippen molar-refractivity contribution in [3.05, 3.63) is 67.3 Å². The predicted octanol–water partition coefficient (Wildman–Crippen LogP) is 4.41. The Bertz CT molecular complexity index is 1770. The van der Waals surface area contributed by atoms with E-state index in [-0.39, 0.29) is 11.8 Å². The van der Waals surface area contributed by atoms with Crippen LogP contribution in [0.4, 0.5) is 5.69 Å². The van der Waals surface area contributed by atoms with Crippen molar-refractivity contribution in [1.29, 1.82) is 0 Å². The number of hydrogen-bond acceptors (Lipinski definition) is 6. The minimum Gasteiger partial charge on any atom is -0.335 e. The van der Waals surface area contributed by atoms with E-state index in [1.165, 1.54) is 0 Å². The molecule has 3 N–H and O–H groups in total. The Balaban J connectivity index is 1.28. The third-order valence-electron chi connectivity index (χ3n) is 6.44. The Morgan fingerprint density at radius 1 is 1.06 bits per heavy atom. The number of imidazole rings is 2. The highest BCUT2D eigenvalue weighted by Gasteiger charge is 2.29. The van der Waals surface area contributed by atoms with Crippen molar-refractivity contribution in [2.75, 3.05) is 5.32 Å². The first-order chi connectivity index (χ1) is 17.6. The standard InChI is InChI=1S/C26H21N9O/c1-14-12-35(13-29-14)22-11-28-10-21-24(22)32-25(31-21)23-19-7-16(4-5-20(19)33-34-23)17-6-18(9-27-8-17)30-26(36)15-2-3-15/h4-13,15H,2-3H2,1H3,(H,30,36)(H,31,32)(H,33,34). The number of nitrogens with one attached hydrogen (secondary N) is 3. The van der Waals surface area contributed by atoms with Crippen LogP contribution in [0.3, 0.4) is 0 Å². The molecule has 5 aromatic heterocycles. The fraction of sp³-hybridized carbons (Fsp3) is 0.154. The molecule has 1 saturated carbocycles. The Kier molecular flexibility index (Phi) is 4.47. The van der Waals surface area contributed by atoms with E-state index in [1.54, 1.807) is 31.1 Å². The summed E-state index contributed by atoms with van der Waals surface area (Å²) in [6.45, 7) is 1.94. The van der Waals surface area contributed by atoms with Gasteiger partial charge in [-0.05, 0) is 43.5 Å². The fourth-order valence-electron chi connectivity index (χ4n) is 4.40. The van der Waals surface area contributed by atoms with Crippen LogP contribution in [-0.2, 0) is 4.79 Å². The van der Waals surface area contributed by atoms with Crippen molar-refractivity contribution in [2.45, 2.75) is 19.8 Å². The Hall–Kier alpha value is -4.86. The minimum atomic E-state index is 0.0612. The topological polar surface area (TPSA) is 130 Å². The molecule has 5 heterocycles. The summed E-state index contributed by atoms with van der Waals surface area (Å²) in [5, 5.41) is 11.6. The molecular weight excluding hydrogens is 454 g/mol. The molecule has 6 aromatic rings. The zero-order valence-electron chi connectivity index (χ0n) is 19.4. The molecule has 1 aromatic carbocycles. The van der Waals surface area contributed by atoms with Crippen LogP contribution in [0.25, 0.3) is 50.3 Å². The number of carbonyl (C=O) groups excluding carboxylic acids is 1. The molecule has 0 unspecified atom stereocenters. The lowest BCUT2D eigenvalue weighted by Gasteiger charge is -2.07. The molecule has 0 saturated heterocycles. The van der Waals surface area contributed by atoms with Crippen LogP contribution in [0.1, 0.15) is 18.5 Å². The van der Waals surface area contributed by atoms with Crippen LogP contribution in [0.5, 0.6) is 0 Å². The quantitative estimate of drug-likeness (QED) is 0.339. The van der Waals surface area contributed by atoms with Gasteiger partial charge in [-0.15, -0.1) is 0 Å². The number of nitrogens with zero attached hydrogens (tertiary/aromatic N) is 6. The molecule has 0 aliphatic heterocycles. The van der Waals surface area contributed by atoms with E-state index in [1.807, 2.05) is 35.9 Å². The van der Waals surface area contributed by atoms with Crippen LogP contribution in [0, 0.1) is 12.8 Å². The normalized spacial score (nSPS) is 13.5. The molecule has 1 aliphatic rings. The SMILES string of the molecule is Cc1cn(-c2cncc3[nH]c(-c4n[nH]c5ccc(-c6cncc(NC(=O)C7CC7)c6)cc45)nc23)cn1. The van der Waals surface area contributed by atoms with Gasteiger partial charge in [0.05, 0.1) is 53.0 Å². The number of amides is 1. The lowest BCUT2D eigenvalue weighted by molar-refractivity contribution is -0.117. The Labute approximate surface area is 204 Å². The summed E-state index contributed by atoms with van der Waals surface area (Å²) in [4.78, 5) is 33.5. The molecule has 10 heteroatoms. The van der Waals surface area contributed by atoms with Crippen LogP contribution in [0.15, 0.2) is 61.6 Å². The number of carbonyl (C=O) groups is 1. The van der Waals surface area contributed by atoms with Crippen LogP contribution < -0.4 is 5.32 Å².